The maximum Gasteiger partial charge on any atom is 0.105 e. The third-order valence-corrected chi connectivity index (χ3v) is 2.45. The molecular weight excluding hydrogens is 152 g/mol. The summed E-state index contributed by atoms with van der Waals surface area (Å²) in [5.41, 5.74) is 2.05. The molecule has 0 saturated carbocycles. The molecule has 0 radical (unpaired) electrons. The summed E-state index contributed by atoms with van der Waals surface area (Å²) in [4.78, 5) is 0. The fourth-order valence-corrected chi connectivity index (χ4v) is 1.72. The second-order valence-electron chi connectivity index (χ2n) is 3.25. The van der Waals surface area contributed by atoms with Gasteiger partial charge in [-0.15, -0.1) is 0 Å². The van der Waals surface area contributed by atoms with Crippen LogP contribution in [0.4, 0.5) is 0 Å². The molecule has 0 fully saturated rings. The van der Waals surface area contributed by atoms with Gasteiger partial charge in [-0.05, 0) is 24.0 Å². The van der Waals surface area contributed by atoms with Crippen LogP contribution in [0.1, 0.15) is 23.7 Å². The van der Waals surface area contributed by atoms with Crippen LogP contribution in [0.15, 0.2) is 24.3 Å². The Balaban J connectivity index is 2.42. The van der Waals surface area contributed by atoms with E-state index < -0.39 is 12.2 Å². The topological polar surface area (TPSA) is 40.5 Å². The molecule has 64 valence electrons. The molecule has 1 aromatic rings. The smallest absolute Gasteiger partial charge is 0.105 e. The third kappa shape index (κ3) is 1.13. The quantitative estimate of drug-likeness (QED) is 0.601. The minimum atomic E-state index is -0.685. The van der Waals surface area contributed by atoms with Crippen LogP contribution in [0.2, 0.25) is 0 Å². The molecule has 0 heterocycles. The predicted octanol–water partition coefficient (Wildman–Crippen LogP) is 1.03. The summed E-state index contributed by atoms with van der Waals surface area (Å²) in [5, 5.41) is 19.0. The molecule has 12 heavy (non-hydrogen) atoms. The highest BCUT2D eigenvalue weighted by Gasteiger charge is 2.25. The van der Waals surface area contributed by atoms with E-state index in [2.05, 4.69) is 0 Å². The van der Waals surface area contributed by atoms with Gasteiger partial charge in [0.05, 0.1) is 6.10 Å². The minimum Gasteiger partial charge on any atom is -0.390 e. The summed E-state index contributed by atoms with van der Waals surface area (Å²) in [5.74, 6) is 0. The minimum absolute atomic E-state index is 0.583. The Bertz CT molecular complexity index is 283. The van der Waals surface area contributed by atoms with Crippen molar-refractivity contribution in [2.75, 3.05) is 0 Å². The highest BCUT2D eigenvalue weighted by molar-refractivity contribution is 5.31. The maximum absolute atomic E-state index is 9.58. The molecule has 0 aromatic heterocycles. The fourth-order valence-electron chi connectivity index (χ4n) is 1.72. The van der Waals surface area contributed by atoms with Crippen LogP contribution in [-0.2, 0) is 6.42 Å². The lowest BCUT2D eigenvalue weighted by Gasteiger charge is -2.25. The number of rotatable bonds is 0. The number of hydrogen-bond donors (Lipinski definition) is 2. The summed E-state index contributed by atoms with van der Waals surface area (Å²) >= 11 is 0. The summed E-state index contributed by atoms with van der Waals surface area (Å²) in [6.07, 6.45) is 0.266. The van der Waals surface area contributed by atoms with E-state index in [0.717, 1.165) is 17.5 Å². The largest absolute Gasteiger partial charge is 0.390 e. The molecule has 0 bridgehead atoms. The van der Waals surface area contributed by atoms with Gasteiger partial charge in [0.15, 0.2) is 0 Å². The zero-order valence-corrected chi connectivity index (χ0v) is 6.77. The van der Waals surface area contributed by atoms with E-state index >= 15 is 0 Å². The highest BCUT2D eigenvalue weighted by atomic mass is 16.3. The summed E-state index contributed by atoms with van der Waals surface area (Å²) in [6, 6.07) is 7.73. The first-order chi connectivity index (χ1) is 5.79. The normalized spacial score (nSPS) is 28.2. The van der Waals surface area contributed by atoms with E-state index in [-0.39, 0.29) is 0 Å². The number of benzene rings is 1. The van der Waals surface area contributed by atoms with Crippen molar-refractivity contribution >= 4 is 0 Å². The Morgan fingerprint density at radius 1 is 1.17 bits per heavy atom. The van der Waals surface area contributed by atoms with Gasteiger partial charge < -0.3 is 10.2 Å². The number of aliphatic hydroxyl groups is 2. The van der Waals surface area contributed by atoms with Crippen LogP contribution in [0, 0.1) is 0 Å². The van der Waals surface area contributed by atoms with Crippen LogP contribution in [-0.4, -0.2) is 16.3 Å². The molecule has 1 aliphatic carbocycles. The fraction of sp³-hybridized carbons (Fsp3) is 0.400. The van der Waals surface area contributed by atoms with Gasteiger partial charge in [-0.2, -0.15) is 0 Å². The van der Waals surface area contributed by atoms with Gasteiger partial charge in [0.25, 0.3) is 0 Å². The zero-order valence-electron chi connectivity index (χ0n) is 6.77. The van der Waals surface area contributed by atoms with Crippen LogP contribution in [0.25, 0.3) is 0 Å². The van der Waals surface area contributed by atoms with E-state index in [4.69, 9.17) is 0 Å². The van der Waals surface area contributed by atoms with Gasteiger partial charge in [0.2, 0.25) is 0 Å². The zero-order chi connectivity index (χ0) is 8.55. The monoisotopic (exact) mass is 164 g/mol. The van der Waals surface area contributed by atoms with Gasteiger partial charge in [0, 0.05) is 0 Å². The Morgan fingerprint density at radius 3 is 2.75 bits per heavy atom. The van der Waals surface area contributed by atoms with Crippen LogP contribution in [0.3, 0.4) is 0 Å². The van der Waals surface area contributed by atoms with Crippen LogP contribution in [0.5, 0.6) is 0 Å². The third-order valence-electron chi connectivity index (χ3n) is 2.45. The molecule has 1 aliphatic rings. The second-order valence-corrected chi connectivity index (χ2v) is 3.25. The van der Waals surface area contributed by atoms with E-state index in [9.17, 15) is 10.2 Å². The molecule has 0 amide bonds. The molecule has 2 rings (SSSR count). The molecule has 1 aromatic carbocycles. The molecular formula is C10H12O2. The average Bonchev–Trinajstić information content (AvgIpc) is 2.12. The van der Waals surface area contributed by atoms with E-state index in [1.54, 1.807) is 0 Å². The molecule has 0 spiro atoms. The summed E-state index contributed by atoms with van der Waals surface area (Å²) in [7, 11) is 0. The molecule has 2 nitrogen and oxygen atoms in total. The van der Waals surface area contributed by atoms with E-state index in [1.807, 2.05) is 24.3 Å². The van der Waals surface area contributed by atoms with Crippen molar-refractivity contribution < 1.29 is 10.2 Å². The standard InChI is InChI=1S/C10H12O2/c11-9-6-5-7-3-1-2-4-8(7)10(9)12/h1-4,9-12H,5-6H2/t9-,10?/m0/s1. The van der Waals surface area contributed by atoms with Crippen molar-refractivity contribution in [3.05, 3.63) is 35.4 Å². The summed E-state index contributed by atoms with van der Waals surface area (Å²) < 4.78 is 0. The molecule has 0 aliphatic heterocycles. The Hall–Kier alpha value is -0.860. The second kappa shape index (κ2) is 2.88. The first-order valence-corrected chi connectivity index (χ1v) is 4.23. The molecule has 0 saturated heterocycles. The first-order valence-electron chi connectivity index (χ1n) is 4.23. The van der Waals surface area contributed by atoms with Crippen molar-refractivity contribution in [1.29, 1.82) is 0 Å². The SMILES string of the molecule is OC1c2ccccc2CC[C@@H]1O. The molecule has 2 heteroatoms. The van der Waals surface area contributed by atoms with Crippen LogP contribution < -0.4 is 0 Å². The maximum atomic E-state index is 9.58. The van der Waals surface area contributed by atoms with Gasteiger partial charge in [-0.25, -0.2) is 0 Å². The lowest BCUT2D eigenvalue weighted by Crippen LogP contribution is -2.24. The lowest BCUT2D eigenvalue weighted by atomic mass is 9.88. The number of aryl methyl sites for hydroxylation is 1. The molecule has 1 unspecified atom stereocenters. The molecule has 2 atom stereocenters. The van der Waals surface area contributed by atoms with Crippen molar-refractivity contribution in [2.45, 2.75) is 25.0 Å². The van der Waals surface area contributed by atoms with Gasteiger partial charge in [-0.3, -0.25) is 0 Å². The Morgan fingerprint density at radius 2 is 1.92 bits per heavy atom. The average molecular weight is 164 g/mol. The Labute approximate surface area is 71.5 Å². The lowest BCUT2D eigenvalue weighted by molar-refractivity contribution is 0.00650. The van der Waals surface area contributed by atoms with Crippen molar-refractivity contribution in [2.24, 2.45) is 0 Å². The number of hydrogen-bond acceptors (Lipinski definition) is 2. The number of fused-ring (bicyclic) bond motifs is 1. The van der Waals surface area contributed by atoms with E-state index in [0.29, 0.717) is 6.42 Å². The Kier molecular flexibility index (Phi) is 1.87. The summed E-state index contributed by atoms with van der Waals surface area (Å²) in [6.45, 7) is 0. The van der Waals surface area contributed by atoms with Gasteiger partial charge in [-0.1, -0.05) is 24.3 Å². The highest BCUT2D eigenvalue weighted by Crippen LogP contribution is 2.29. The van der Waals surface area contributed by atoms with Gasteiger partial charge >= 0.3 is 0 Å². The van der Waals surface area contributed by atoms with Gasteiger partial charge in [0.1, 0.15) is 6.10 Å². The predicted molar refractivity (Wildman–Crippen MR) is 45.7 cm³/mol. The van der Waals surface area contributed by atoms with Crippen molar-refractivity contribution in [3.63, 3.8) is 0 Å². The van der Waals surface area contributed by atoms with Crippen molar-refractivity contribution in [1.82, 2.24) is 0 Å². The van der Waals surface area contributed by atoms with Crippen LogP contribution >= 0.6 is 0 Å². The first kappa shape index (κ1) is 7.77. The molecule has 2 N–H and O–H groups in total. The van der Waals surface area contributed by atoms with Crippen molar-refractivity contribution in [3.8, 4) is 0 Å². The number of aliphatic hydroxyl groups excluding tert-OH is 2. The van der Waals surface area contributed by atoms with E-state index in [1.165, 1.54) is 0 Å².